The van der Waals surface area contributed by atoms with Crippen molar-refractivity contribution in [2.45, 2.75) is 23.9 Å². The van der Waals surface area contributed by atoms with Crippen LogP contribution < -0.4 is 19.5 Å². The molecule has 11 nitrogen and oxygen atoms in total. The second-order valence-corrected chi connectivity index (χ2v) is 9.77. The van der Waals surface area contributed by atoms with Crippen molar-refractivity contribution < 1.29 is 42.5 Å². The number of benzene rings is 3. The van der Waals surface area contributed by atoms with Crippen LogP contribution in [-0.2, 0) is 26.2 Å². The highest BCUT2D eigenvalue weighted by atomic mass is 32.2. The largest absolute Gasteiger partial charge is 0.497 e. The fraction of sp³-hybridized carbons (Fsp3) is 0.192. The molecule has 0 spiro atoms. The van der Waals surface area contributed by atoms with E-state index in [1.54, 1.807) is 42.5 Å². The minimum Gasteiger partial charge on any atom is -0.497 e. The number of hydrogen-bond acceptors (Lipinski definition) is 7. The van der Waals surface area contributed by atoms with Gasteiger partial charge in [0.25, 0.3) is 0 Å². The molecule has 0 aliphatic heterocycles. The van der Waals surface area contributed by atoms with E-state index in [2.05, 4.69) is 10.0 Å². The van der Waals surface area contributed by atoms with Gasteiger partial charge in [-0.05, 0) is 47.5 Å². The molecule has 200 valence electrons. The number of hydrogen-bond donors (Lipinski definition) is 4. The highest BCUT2D eigenvalue weighted by molar-refractivity contribution is 7.89. The van der Waals surface area contributed by atoms with Crippen molar-refractivity contribution in [2.24, 2.45) is 0 Å². The third-order valence-corrected chi connectivity index (χ3v) is 6.86. The smallest absolute Gasteiger partial charge is 0.341 e. The van der Waals surface area contributed by atoms with Gasteiger partial charge in [0, 0.05) is 13.0 Å². The number of sulfonamides is 1. The number of carbonyl (C=O) groups is 3. The Morgan fingerprint density at radius 3 is 2.24 bits per heavy atom. The zero-order valence-electron chi connectivity index (χ0n) is 20.3. The summed E-state index contributed by atoms with van der Waals surface area (Å²) in [6, 6.07) is 17.1. The first-order chi connectivity index (χ1) is 18.1. The fourth-order valence-electron chi connectivity index (χ4n) is 3.48. The van der Waals surface area contributed by atoms with E-state index in [9.17, 15) is 27.9 Å². The molecule has 4 N–H and O–H groups in total. The van der Waals surface area contributed by atoms with Crippen molar-refractivity contribution >= 4 is 27.9 Å². The van der Waals surface area contributed by atoms with E-state index < -0.39 is 40.5 Å². The number of carboxylic acid groups (broad SMARTS) is 2. The normalized spacial score (nSPS) is 11.8. The average molecular weight is 543 g/mol. The Morgan fingerprint density at radius 1 is 0.947 bits per heavy atom. The Hall–Kier alpha value is -4.42. The molecule has 0 bridgehead atoms. The Bertz CT molecular complexity index is 1390. The van der Waals surface area contributed by atoms with Crippen molar-refractivity contribution in [3.63, 3.8) is 0 Å². The van der Waals surface area contributed by atoms with Crippen molar-refractivity contribution in [1.29, 1.82) is 0 Å². The molecule has 3 rings (SSSR count). The van der Waals surface area contributed by atoms with Gasteiger partial charge in [0.15, 0.2) is 6.61 Å². The van der Waals surface area contributed by atoms with Gasteiger partial charge in [-0.2, -0.15) is 0 Å². The Balaban J connectivity index is 1.87. The highest BCUT2D eigenvalue weighted by Gasteiger charge is 2.26. The molecule has 3 aromatic carbocycles. The van der Waals surface area contributed by atoms with Crippen LogP contribution in [0.1, 0.15) is 33.9 Å². The van der Waals surface area contributed by atoms with E-state index in [1.807, 2.05) is 0 Å². The van der Waals surface area contributed by atoms with Gasteiger partial charge in [-0.3, -0.25) is 4.79 Å². The van der Waals surface area contributed by atoms with Gasteiger partial charge in [-0.1, -0.05) is 36.4 Å². The topological polar surface area (TPSA) is 168 Å². The lowest BCUT2D eigenvalue weighted by molar-refractivity contribution is -0.139. The Labute approximate surface area is 219 Å². The van der Waals surface area contributed by atoms with Crippen LogP contribution in [0.25, 0.3) is 0 Å². The summed E-state index contributed by atoms with van der Waals surface area (Å²) in [6.45, 7) is -0.596. The molecule has 1 unspecified atom stereocenters. The Kier molecular flexibility index (Phi) is 9.41. The lowest BCUT2D eigenvalue weighted by Crippen LogP contribution is -2.33. The number of amides is 1. The number of aromatic carboxylic acids is 1. The molecule has 0 radical (unpaired) electrons. The summed E-state index contributed by atoms with van der Waals surface area (Å²) in [7, 11) is -2.56. The molecular weight excluding hydrogens is 516 g/mol. The van der Waals surface area contributed by atoms with Gasteiger partial charge in [0.05, 0.1) is 18.0 Å². The standard InChI is InChI=1S/C26H26N2O9S/c1-36-19-10-7-17(8-11-19)15-27-24(29)14-22(28-38(34,35)20-5-3-2-4-6-20)18-9-12-23(37-16-25(30)31)21(13-18)26(32)33/h2-13,22,28H,14-16H2,1H3,(H,27,29)(H,30,31)(H,32,33). The molecule has 1 atom stereocenters. The maximum atomic E-state index is 13.0. The minimum atomic E-state index is -4.09. The first kappa shape index (κ1) is 28.2. The summed E-state index contributed by atoms with van der Waals surface area (Å²) >= 11 is 0. The summed E-state index contributed by atoms with van der Waals surface area (Å²) < 4.78 is 38.7. The van der Waals surface area contributed by atoms with Crippen LogP contribution in [0.5, 0.6) is 11.5 Å². The number of methoxy groups -OCH3 is 1. The van der Waals surface area contributed by atoms with Crippen molar-refractivity contribution in [3.8, 4) is 11.5 Å². The van der Waals surface area contributed by atoms with Crippen LogP contribution in [0.3, 0.4) is 0 Å². The van der Waals surface area contributed by atoms with Crippen LogP contribution in [0, 0.1) is 0 Å². The lowest BCUT2D eigenvalue weighted by atomic mass is 10.0. The minimum absolute atomic E-state index is 0.0384. The SMILES string of the molecule is COc1ccc(CNC(=O)CC(NS(=O)(=O)c2ccccc2)c2ccc(OCC(=O)O)c(C(=O)O)c2)cc1. The molecular formula is C26H26N2O9S. The van der Waals surface area contributed by atoms with E-state index in [0.717, 1.165) is 11.6 Å². The first-order valence-corrected chi connectivity index (χ1v) is 12.8. The number of carbonyl (C=O) groups excluding carboxylic acids is 1. The van der Waals surface area contributed by atoms with Gasteiger partial charge < -0.3 is 25.0 Å². The van der Waals surface area contributed by atoms with Gasteiger partial charge in [-0.15, -0.1) is 0 Å². The first-order valence-electron chi connectivity index (χ1n) is 11.3. The third-order valence-electron chi connectivity index (χ3n) is 5.38. The van der Waals surface area contributed by atoms with Gasteiger partial charge in [0.2, 0.25) is 15.9 Å². The Morgan fingerprint density at radius 2 is 1.63 bits per heavy atom. The number of carboxylic acids is 2. The van der Waals surface area contributed by atoms with Crippen molar-refractivity contribution in [3.05, 3.63) is 89.5 Å². The number of rotatable bonds is 13. The summed E-state index contributed by atoms with van der Waals surface area (Å²) in [5.41, 5.74) is 0.573. The molecule has 0 saturated heterocycles. The van der Waals surface area contributed by atoms with Crippen LogP contribution in [0.15, 0.2) is 77.7 Å². The molecule has 0 heterocycles. The molecule has 12 heteroatoms. The van der Waals surface area contributed by atoms with Crippen LogP contribution in [-0.4, -0.2) is 50.2 Å². The summed E-state index contributed by atoms with van der Waals surface area (Å²) in [5.74, 6) is -2.77. The second kappa shape index (κ2) is 12.7. The molecule has 3 aromatic rings. The predicted molar refractivity (Wildman–Crippen MR) is 135 cm³/mol. The van der Waals surface area contributed by atoms with Crippen LogP contribution in [0.4, 0.5) is 0 Å². The third kappa shape index (κ3) is 7.79. The molecule has 0 aromatic heterocycles. The fourth-order valence-corrected chi connectivity index (χ4v) is 4.73. The van der Waals surface area contributed by atoms with Crippen LogP contribution in [0.2, 0.25) is 0 Å². The maximum absolute atomic E-state index is 13.0. The average Bonchev–Trinajstić information content (AvgIpc) is 2.91. The van der Waals surface area contributed by atoms with E-state index in [0.29, 0.717) is 5.75 Å². The van der Waals surface area contributed by atoms with E-state index in [4.69, 9.17) is 14.6 Å². The number of aliphatic carboxylic acids is 1. The summed E-state index contributed by atoms with van der Waals surface area (Å²) in [5, 5.41) is 21.2. The quantitative estimate of drug-likeness (QED) is 0.254. The molecule has 0 fully saturated rings. The van der Waals surface area contributed by atoms with Crippen LogP contribution >= 0.6 is 0 Å². The van der Waals surface area contributed by atoms with E-state index in [1.165, 1.54) is 31.4 Å². The van der Waals surface area contributed by atoms with Gasteiger partial charge in [-0.25, -0.2) is 22.7 Å². The summed E-state index contributed by atoms with van der Waals surface area (Å²) in [6.07, 6.45) is -0.351. The van der Waals surface area contributed by atoms with Crippen molar-refractivity contribution in [1.82, 2.24) is 10.0 Å². The second-order valence-electron chi connectivity index (χ2n) is 8.06. The summed E-state index contributed by atoms with van der Waals surface area (Å²) in [4.78, 5) is 35.5. The number of nitrogens with one attached hydrogen (secondary N) is 2. The highest BCUT2D eigenvalue weighted by Crippen LogP contribution is 2.27. The molecule has 0 saturated carbocycles. The van der Waals surface area contributed by atoms with E-state index in [-0.39, 0.29) is 34.7 Å². The maximum Gasteiger partial charge on any atom is 0.341 e. The van der Waals surface area contributed by atoms with Crippen molar-refractivity contribution in [2.75, 3.05) is 13.7 Å². The molecule has 0 aliphatic rings. The monoisotopic (exact) mass is 542 g/mol. The molecule has 0 aliphatic carbocycles. The molecule has 38 heavy (non-hydrogen) atoms. The van der Waals surface area contributed by atoms with Gasteiger partial charge in [0.1, 0.15) is 17.1 Å². The lowest BCUT2D eigenvalue weighted by Gasteiger charge is -2.20. The van der Waals surface area contributed by atoms with Gasteiger partial charge >= 0.3 is 11.9 Å². The zero-order chi connectivity index (χ0) is 27.7. The zero-order valence-corrected chi connectivity index (χ0v) is 21.1. The molecule has 1 amide bonds. The predicted octanol–water partition coefficient (Wildman–Crippen LogP) is 2.58. The van der Waals surface area contributed by atoms with E-state index >= 15 is 0 Å². The number of ether oxygens (including phenoxy) is 2.